The Hall–Kier alpha value is -3.34. The first-order chi connectivity index (χ1) is 18.9. The quantitative estimate of drug-likeness (QED) is 0.241. The standard InChI is InChI=1S/C34H40N2O3/c1-3-4-5-14-36-22-30(33(38)35-34-19-25-15-26(20-34)17-27(16-25)21-34)32(37)29-18-24(10-13-31(29)36)7-6-23-8-11-28(39-2)12-9-23/h6-13,18,22,25-27H,3-5,14-17,19-21H2,1-2H3,(H,35,38)/b7-6+. The molecule has 4 fully saturated rings. The van der Waals surface area contributed by atoms with E-state index in [1.165, 1.54) is 19.3 Å². The summed E-state index contributed by atoms with van der Waals surface area (Å²) in [4.78, 5) is 27.6. The van der Waals surface area contributed by atoms with E-state index in [4.69, 9.17) is 4.74 Å². The van der Waals surface area contributed by atoms with Crippen molar-refractivity contribution in [3.63, 3.8) is 0 Å². The zero-order valence-electron chi connectivity index (χ0n) is 23.2. The lowest BCUT2D eigenvalue weighted by molar-refractivity contribution is -0.0167. The number of methoxy groups -OCH3 is 1. The number of nitrogens with zero attached hydrogens (tertiary/aromatic N) is 1. The van der Waals surface area contributed by atoms with Gasteiger partial charge in [0.15, 0.2) is 0 Å². The molecule has 39 heavy (non-hydrogen) atoms. The fourth-order valence-corrected chi connectivity index (χ4v) is 7.88. The van der Waals surface area contributed by atoms with E-state index in [0.29, 0.717) is 5.39 Å². The van der Waals surface area contributed by atoms with Gasteiger partial charge in [-0.2, -0.15) is 0 Å². The summed E-state index contributed by atoms with van der Waals surface area (Å²) < 4.78 is 7.38. The molecule has 4 aliphatic rings. The van der Waals surface area contributed by atoms with Crippen LogP contribution in [0.1, 0.15) is 86.2 Å². The van der Waals surface area contributed by atoms with E-state index < -0.39 is 0 Å². The largest absolute Gasteiger partial charge is 0.497 e. The van der Waals surface area contributed by atoms with Crippen LogP contribution < -0.4 is 15.5 Å². The number of hydrogen-bond acceptors (Lipinski definition) is 3. The molecule has 0 saturated heterocycles. The van der Waals surface area contributed by atoms with Gasteiger partial charge < -0.3 is 14.6 Å². The minimum Gasteiger partial charge on any atom is -0.497 e. The van der Waals surface area contributed by atoms with Gasteiger partial charge in [0.25, 0.3) is 5.91 Å². The first-order valence-corrected chi connectivity index (χ1v) is 14.8. The lowest BCUT2D eigenvalue weighted by Gasteiger charge is -2.56. The van der Waals surface area contributed by atoms with Gasteiger partial charge in [-0.05, 0) is 98.1 Å². The van der Waals surface area contributed by atoms with E-state index in [0.717, 1.165) is 85.2 Å². The molecule has 4 aliphatic carbocycles. The van der Waals surface area contributed by atoms with Crippen LogP contribution in [0.5, 0.6) is 5.75 Å². The highest BCUT2D eigenvalue weighted by Gasteiger charge is 2.51. The van der Waals surface area contributed by atoms with E-state index in [2.05, 4.69) is 16.8 Å². The maximum atomic E-state index is 13.8. The average Bonchev–Trinajstić information content (AvgIpc) is 2.92. The molecule has 0 radical (unpaired) electrons. The molecular weight excluding hydrogens is 484 g/mol. The smallest absolute Gasteiger partial charge is 0.257 e. The first kappa shape index (κ1) is 25.9. The number of aromatic nitrogens is 1. The van der Waals surface area contributed by atoms with Gasteiger partial charge in [-0.15, -0.1) is 0 Å². The number of amides is 1. The fraction of sp³-hybridized carbons (Fsp3) is 0.471. The lowest BCUT2D eigenvalue weighted by Crippen LogP contribution is -2.60. The van der Waals surface area contributed by atoms with E-state index in [1.807, 2.05) is 60.8 Å². The summed E-state index contributed by atoms with van der Waals surface area (Å²) in [7, 11) is 1.66. The molecule has 2 aromatic carbocycles. The number of unbranched alkanes of at least 4 members (excludes halogenated alkanes) is 2. The molecule has 5 heteroatoms. The Kier molecular flexibility index (Phi) is 7.09. The van der Waals surface area contributed by atoms with E-state index in [9.17, 15) is 9.59 Å². The van der Waals surface area contributed by atoms with E-state index in [1.54, 1.807) is 7.11 Å². The van der Waals surface area contributed by atoms with Gasteiger partial charge in [-0.3, -0.25) is 9.59 Å². The topological polar surface area (TPSA) is 60.3 Å². The number of hydrogen-bond donors (Lipinski definition) is 1. The van der Waals surface area contributed by atoms with Crippen molar-refractivity contribution >= 4 is 29.0 Å². The van der Waals surface area contributed by atoms with Crippen LogP contribution in [0.3, 0.4) is 0 Å². The zero-order chi connectivity index (χ0) is 27.0. The Balaban J connectivity index is 1.33. The Labute approximate surface area is 231 Å². The summed E-state index contributed by atoms with van der Waals surface area (Å²) in [6.07, 6.45) is 16.3. The summed E-state index contributed by atoms with van der Waals surface area (Å²) >= 11 is 0. The highest BCUT2D eigenvalue weighted by atomic mass is 16.5. The molecule has 0 unspecified atom stereocenters. The molecule has 1 heterocycles. The highest BCUT2D eigenvalue weighted by molar-refractivity contribution is 5.98. The molecular formula is C34H40N2O3. The maximum Gasteiger partial charge on any atom is 0.257 e. The number of fused-ring (bicyclic) bond motifs is 1. The van der Waals surface area contributed by atoms with Crippen molar-refractivity contribution in [2.45, 2.75) is 76.8 Å². The number of benzene rings is 2. The van der Waals surface area contributed by atoms with Gasteiger partial charge >= 0.3 is 0 Å². The van der Waals surface area contributed by atoms with Crippen molar-refractivity contribution in [3.05, 3.63) is 75.6 Å². The molecule has 5 nitrogen and oxygen atoms in total. The molecule has 4 bridgehead atoms. The van der Waals surface area contributed by atoms with Crippen molar-refractivity contribution in [3.8, 4) is 5.75 Å². The van der Waals surface area contributed by atoms with Crippen molar-refractivity contribution < 1.29 is 9.53 Å². The van der Waals surface area contributed by atoms with Gasteiger partial charge in [0, 0.05) is 23.7 Å². The van der Waals surface area contributed by atoms with Crippen LogP contribution in [0.2, 0.25) is 0 Å². The minimum absolute atomic E-state index is 0.122. The van der Waals surface area contributed by atoms with E-state index in [-0.39, 0.29) is 22.4 Å². The summed E-state index contributed by atoms with van der Waals surface area (Å²) in [6, 6.07) is 13.9. The molecule has 7 rings (SSSR count). The van der Waals surface area contributed by atoms with Gasteiger partial charge in [-0.25, -0.2) is 0 Å². The van der Waals surface area contributed by atoms with Gasteiger partial charge in [0.05, 0.1) is 12.6 Å². The van der Waals surface area contributed by atoms with Gasteiger partial charge in [-0.1, -0.05) is 50.1 Å². The number of pyridine rings is 1. The number of rotatable bonds is 9. The molecule has 3 aromatic rings. The van der Waals surface area contributed by atoms with Crippen molar-refractivity contribution in [1.29, 1.82) is 0 Å². The SMILES string of the molecule is CCCCCn1cc(C(=O)NC23CC4CC(CC(C4)C2)C3)c(=O)c2cc(/C=C/c3ccc(OC)cc3)ccc21. The molecule has 1 aromatic heterocycles. The third kappa shape index (κ3) is 5.28. The second-order valence-electron chi connectivity index (χ2n) is 12.3. The van der Waals surface area contributed by atoms with Crippen molar-refractivity contribution in [1.82, 2.24) is 9.88 Å². The highest BCUT2D eigenvalue weighted by Crippen LogP contribution is 2.55. The van der Waals surface area contributed by atoms with Gasteiger partial charge in [0.2, 0.25) is 5.43 Å². The molecule has 1 amide bonds. The number of ether oxygens (including phenoxy) is 1. The predicted molar refractivity (Wildman–Crippen MR) is 158 cm³/mol. The minimum atomic E-state index is -0.188. The molecule has 1 N–H and O–H groups in total. The third-order valence-electron chi connectivity index (χ3n) is 9.35. The van der Waals surface area contributed by atoms with Crippen LogP contribution >= 0.6 is 0 Å². The normalized spacial score (nSPS) is 25.4. The zero-order valence-corrected chi connectivity index (χ0v) is 23.2. The molecule has 0 aliphatic heterocycles. The summed E-state index contributed by atoms with van der Waals surface area (Å²) in [5, 5.41) is 4.05. The average molecular weight is 525 g/mol. The van der Waals surface area contributed by atoms with Crippen LogP contribution in [-0.2, 0) is 6.54 Å². The number of aryl methyl sites for hydroxylation is 1. The Morgan fingerprint density at radius 1 is 0.974 bits per heavy atom. The second kappa shape index (κ2) is 10.7. The van der Waals surface area contributed by atoms with E-state index >= 15 is 0 Å². The summed E-state index contributed by atoms with van der Waals surface area (Å²) in [5.41, 5.74) is 2.88. The molecule has 4 saturated carbocycles. The van der Waals surface area contributed by atoms with Crippen molar-refractivity contribution in [2.75, 3.05) is 7.11 Å². The lowest BCUT2D eigenvalue weighted by atomic mass is 9.53. The Bertz CT molecular complexity index is 1410. The first-order valence-electron chi connectivity index (χ1n) is 14.8. The Morgan fingerprint density at radius 3 is 2.26 bits per heavy atom. The number of carbonyl (C=O) groups is 1. The van der Waals surface area contributed by atoms with Crippen LogP contribution in [0.4, 0.5) is 0 Å². The molecule has 204 valence electrons. The number of nitrogens with one attached hydrogen (secondary N) is 1. The monoisotopic (exact) mass is 524 g/mol. The Morgan fingerprint density at radius 2 is 1.62 bits per heavy atom. The summed E-state index contributed by atoms with van der Waals surface area (Å²) in [5.74, 6) is 2.84. The van der Waals surface area contributed by atoms with Crippen LogP contribution in [0, 0.1) is 17.8 Å². The molecule has 0 spiro atoms. The van der Waals surface area contributed by atoms with Crippen LogP contribution in [-0.4, -0.2) is 23.1 Å². The van der Waals surface area contributed by atoms with Gasteiger partial charge in [0.1, 0.15) is 11.3 Å². The van der Waals surface area contributed by atoms with Crippen molar-refractivity contribution in [2.24, 2.45) is 17.8 Å². The molecule has 0 atom stereocenters. The van der Waals surface area contributed by atoms with Crippen LogP contribution in [0.15, 0.2) is 53.5 Å². The summed E-state index contributed by atoms with van der Waals surface area (Å²) in [6.45, 7) is 2.98. The predicted octanol–water partition coefficient (Wildman–Crippen LogP) is 7.07. The maximum absolute atomic E-state index is 13.8. The second-order valence-corrected chi connectivity index (χ2v) is 12.3. The van der Waals surface area contributed by atoms with Crippen LogP contribution in [0.25, 0.3) is 23.1 Å². The third-order valence-corrected chi connectivity index (χ3v) is 9.35. The number of carbonyl (C=O) groups excluding carboxylic acids is 1. The fourth-order valence-electron chi connectivity index (χ4n) is 7.88.